The Morgan fingerprint density at radius 2 is 1.82 bits per heavy atom. The topological polar surface area (TPSA) is 29.5 Å². The molecule has 22 heavy (non-hydrogen) atoms. The monoisotopic (exact) mass is 317 g/mol. The highest BCUT2D eigenvalue weighted by atomic mass is 35.5. The van der Waals surface area contributed by atoms with Gasteiger partial charge in [0.1, 0.15) is 6.29 Å². The summed E-state index contributed by atoms with van der Waals surface area (Å²) in [7, 11) is 0. The molecule has 3 nitrogen and oxygen atoms in total. The van der Waals surface area contributed by atoms with Gasteiger partial charge in [0, 0.05) is 29.4 Å². The summed E-state index contributed by atoms with van der Waals surface area (Å²) in [5.41, 5.74) is 4.42. The largest absolute Gasteiger partial charge is 0.378 e. The van der Waals surface area contributed by atoms with Gasteiger partial charge in [0.05, 0.1) is 13.2 Å². The lowest BCUT2D eigenvalue weighted by Crippen LogP contribution is -2.37. The lowest BCUT2D eigenvalue weighted by molar-refractivity contribution is -0.105. The Labute approximate surface area is 136 Å². The molecule has 0 amide bonds. The number of carbonyl (C=O) groups is 1. The zero-order valence-corrected chi connectivity index (χ0v) is 13.3. The number of rotatable bonds is 3. The van der Waals surface area contributed by atoms with E-state index in [1.54, 1.807) is 0 Å². The van der Waals surface area contributed by atoms with Crippen LogP contribution in [0.3, 0.4) is 0 Å². The molecule has 0 bridgehead atoms. The molecule has 0 spiro atoms. The molecule has 1 heterocycles. The number of halogens is 1. The van der Waals surface area contributed by atoms with Crippen molar-refractivity contribution < 1.29 is 9.53 Å². The molecule has 1 aromatic carbocycles. The molecule has 0 N–H and O–H groups in total. The molecule has 3 rings (SSSR count). The van der Waals surface area contributed by atoms with Crippen LogP contribution in [0.5, 0.6) is 0 Å². The highest BCUT2D eigenvalue weighted by Crippen LogP contribution is 2.33. The number of carbonyl (C=O) groups excluding carboxylic acids is 1. The minimum Gasteiger partial charge on any atom is -0.378 e. The second kappa shape index (κ2) is 7.12. The summed E-state index contributed by atoms with van der Waals surface area (Å²) in [6.07, 6.45) is 6.12. The molecule has 0 atom stereocenters. The zero-order chi connectivity index (χ0) is 15.4. The maximum Gasteiger partial charge on any atom is 0.148 e. The Morgan fingerprint density at radius 1 is 1.09 bits per heavy atom. The standard InChI is InChI=1S/C18H20ClNO2/c19-17-6-4-14(5-7-17)12-15-2-1-3-16(13-21)18(15)20-8-10-22-11-9-20/h4-7,12-13H,1-3,8-11H2. The summed E-state index contributed by atoms with van der Waals surface area (Å²) >= 11 is 5.95. The second-order valence-corrected chi connectivity index (χ2v) is 6.10. The highest BCUT2D eigenvalue weighted by Gasteiger charge is 2.23. The van der Waals surface area contributed by atoms with Crippen molar-refractivity contribution >= 4 is 24.0 Å². The van der Waals surface area contributed by atoms with E-state index >= 15 is 0 Å². The molecule has 1 aromatic rings. The van der Waals surface area contributed by atoms with Crippen LogP contribution in [-0.2, 0) is 9.53 Å². The summed E-state index contributed by atoms with van der Waals surface area (Å²) in [4.78, 5) is 13.8. The fraction of sp³-hybridized carbons (Fsp3) is 0.389. The minimum absolute atomic E-state index is 0.726. The van der Waals surface area contributed by atoms with Crippen molar-refractivity contribution in [2.24, 2.45) is 0 Å². The van der Waals surface area contributed by atoms with Crippen LogP contribution in [0.4, 0.5) is 0 Å². The normalized spacial score (nSPS) is 21.3. The SMILES string of the molecule is O=CC1=C(N2CCOCC2)C(=Cc2ccc(Cl)cc2)CCC1. The van der Waals surface area contributed by atoms with Gasteiger partial charge in [0.25, 0.3) is 0 Å². The predicted octanol–water partition coefficient (Wildman–Crippen LogP) is 3.69. The zero-order valence-electron chi connectivity index (χ0n) is 12.6. The third-order valence-electron chi connectivity index (χ3n) is 4.18. The highest BCUT2D eigenvalue weighted by molar-refractivity contribution is 6.30. The third-order valence-corrected chi connectivity index (χ3v) is 4.43. The van der Waals surface area contributed by atoms with Gasteiger partial charge in [-0.05, 0) is 48.6 Å². The van der Waals surface area contributed by atoms with Crippen LogP contribution in [0.25, 0.3) is 6.08 Å². The molecule has 1 saturated heterocycles. The molecule has 1 aliphatic heterocycles. The van der Waals surface area contributed by atoms with Gasteiger partial charge in [-0.2, -0.15) is 0 Å². The summed E-state index contributed by atoms with van der Waals surface area (Å²) in [5.74, 6) is 0. The maximum absolute atomic E-state index is 11.5. The van der Waals surface area contributed by atoms with Gasteiger partial charge in [0.2, 0.25) is 0 Å². The first-order valence-corrected chi connectivity index (χ1v) is 8.13. The molecular weight excluding hydrogens is 298 g/mol. The molecule has 4 heteroatoms. The average molecular weight is 318 g/mol. The Kier molecular flexibility index (Phi) is 4.96. The summed E-state index contributed by atoms with van der Waals surface area (Å²) < 4.78 is 5.44. The van der Waals surface area contributed by atoms with Crippen molar-refractivity contribution in [3.8, 4) is 0 Å². The van der Waals surface area contributed by atoms with Crippen LogP contribution in [0.1, 0.15) is 24.8 Å². The van der Waals surface area contributed by atoms with E-state index in [0.29, 0.717) is 0 Å². The van der Waals surface area contributed by atoms with E-state index in [9.17, 15) is 4.79 Å². The molecule has 0 aromatic heterocycles. The fourth-order valence-electron chi connectivity index (χ4n) is 3.12. The van der Waals surface area contributed by atoms with Gasteiger partial charge >= 0.3 is 0 Å². The van der Waals surface area contributed by atoms with Crippen LogP contribution < -0.4 is 0 Å². The minimum atomic E-state index is 0.726. The van der Waals surface area contributed by atoms with Crippen LogP contribution in [0.15, 0.2) is 41.1 Å². The first kappa shape index (κ1) is 15.3. The van der Waals surface area contributed by atoms with Crippen molar-refractivity contribution in [2.75, 3.05) is 26.3 Å². The first-order valence-electron chi connectivity index (χ1n) is 7.75. The quantitative estimate of drug-likeness (QED) is 0.796. The van der Waals surface area contributed by atoms with Crippen LogP contribution in [0, 0.1) is 0 Å². The van der Waals surface area contributed by atoms with Crippen molar-refractivity contribution in [2.45, 2.75) is 19.3 Å². The lowest BCUT2D eigenvalue weighted by Gasteiger charge is -2.35. The molecule has 0 unspecified atom stereocenters. The second-order valence-electron chi connectivity index (χ2n) is 5.67. The number of hydrogen-bond donors (Lipinski definition) is 0. The van der Waals surface area contributed by atoms with E-state index in [0.717, 1.165) is 73.7 Å². The van der Waals surface area contributed by atoms with Crippen LogP contribution >= 0.6 is 11.6 Å². The van der Waals surface area contributed by atoms with E-state index in [1.165, 1.54) is 5.57 Å². The van der Waals surface area contributed by atoms with Crippen molar-refractivity contribution in [3.05, 3.63) is 51.7 Å². The number of nitrogens with zero attached hydrogens (tertiary/aromatic N) is 1. The summed E-state index contributed by atoms with van der Waals surface area (Å²) in [5, 5.41) is 0.739. The van der Waals surface area contributed by atoms with E-state index in [-0.39, 0.29) is 0 Å². The van der Waals surface area contributed by atoms with Crippen molar-refractivity contribution in [1.82, 2.24) is 4.90 Å². The van der Waals surface area contributed by atoms with Gasteiger partial charge < -0.3 is 9.64 Å². The van der Waals surface area contributed by atoms with E-state index in [1.807, 2.05) is 24.3 Å². The van der Waals surface area contributed by atoms with Crippen LogP contribution in [-0.4, -0.2) is 37.5 Å². The smallest absolute Gasteiger partial charge is 0.148 e. The maximum atomic E-state index is 11.5. The molecule has 2 aliphatic rings. The number of ether oxygens (including phenoxy) is 1. The Balaban J connectivity index is 1.96. The average Bonchev–Trinajstić information content (AvgIpc) is 2.57. The van der Waals surface area contributed by atoms with Gasteiger partial charge in [-0.25, -0.2) is 0 Å². The van der Waals surface area contributed by atoms with Crippen LogP contribution in [0.2, 0.25) is 5.02 Å². The first-order chi connectivity index (χ1) is 10.8. The number of aldehydes is 1. The molecular formula is C18H20ClNO2. The Hall–Kier alpha value is -1.58. The Morgan fingerprint density at radius 3 is 2.50 bits per heavy atom. The van der Waals surface area contributed by atoms with Crippen molar-refractivity contribution in [1.29, 1.82) is 0 Å². The number of morpholine rings is 1. The molecule has 0 saturated carbocycles. The Bertz CT molecular complexity index is 598. The summed E-state index contributed by atoms with van der Waals surface area (Å²) in [6.45, 7) is 3.16. The predicted molar refractivity (Wildman–Crippen MR) is 88.8 cm³/mol. The summed E-state index contributed by atoms with van der Waals surface area (Å²) in [6, 6.07) is 7.83. The lowest BCUT2D eigenvalue weighted by atomic mass is 9.90. The van der Waals surface area contributed by atoms with E-state index in [2.05, 4.69) is 11.0 Å². The molecule has 0 radical (unpaired) electrons. The number of benzene rings is 1. The molecule has 116 valence electrons. The van der Waals surface area contributed by atoms with Gasteiger partial charge in [0.15, 0.2) is 0 Å². The number of allylic oxidation sites excluding steroid dienone is 2. The molecule has 1 aliphatic carbocycles. The number of hydrogen-bond acceptors (Lipinski definition) is 3. The van der Waals surface area contributed by atoms with Gasteiger partial charge in [-0.1, -0.05) is 23.7 Å². The van der Waals surface area contributed by atoms with Gasteiger partial charge in [-0.3, -0.25) is 4.79 Å². The molecule has 1 fully saturated rings. The van der Waals surface area contributed by atoms with Crippen molar-refractivity contribution in [3.63, 3.8) is 0 Å². The fourth-order valence-corrected chi connectivity index (χ4v) is 3.25. The van der Waals surface area contributed by atoms with Gasteiger partial charge in [-0.15, -0.1) is 0 Å². The third kappa shape index (κ3) is 3.42. The van der Waals surface area contributed by atoms with E-state index in [4.69, 9.17) is 16.3 Å². The van der Waals surface area contributed by atoms with E-state index < -0.39 is 0 Å².